The molecule has 5 heteroatoms. The highest BCUT2D eigenvalue weighted by atomic mass is 32.1. The summed E-state index contributed by atoms with van der Waals surface area (Å²) in [4.78, 5) is 13.9. The lowest BCUT2D eigenvalue weighted by atomic mass is 9.86. The molecule has 0 saturated heterocycles. The highest BCUT2D eigenvalue weighted by Crippen LogP contribution is 2.38. The van der Waals surface area contributed by atoms with Crippen molar-refractivity contribution in [1.29, 1.82) is 0 Å². The van der Waals surface area contributed by atoms with Gasteiger partial charge in [0.05, 0.1) is 13.3 Å². The van der Waals surface area contributed by atoms with Gasteiger partial charge in [0, 0.05) is 16.9 Å². The van der Waals surface area contributed by atoms with E-state index in [0.717, 1.165) is 30.2 Å². The van der Waals surface area contributed by atoms with Gasteiger partial charge in [0.1, 0.15) is 5.00 Å². The molecular weight excluding hydrogens is 332 g/mol. The van der Waals surface area contributed by atoms with Crippen molar-refractivity contribution in [2.45, 2.75) is 83.7 Å². The van der Waals surface area contributed by atoms with Gasteiger partial charge >= 0.3 is 0 Å². The zero-order valence-electron chi connectivity index (χ0n) is 15.3. The molecule has 1 aromatic rings. The monoisotopic (exact) mass is 364 g/mol. The molecule has 1 amide bonds. The second-order valence-electron chi connectivity index (χ2n) is 7.48. The smallest absolute Gasteiger partial charge is 0.224 e. The van der Waals surface area contributed by atoms with Crippen molar-refractivity contribution in [1.82, 2.24) is 0 Å². The molecule has 0 spiro atoms. The Kier molecular flexibility index (Phi) is 7.32. The van der Waals surface area contributed by atoms with Crippen LogP contribution in [0, 0.1) is 5.92 Å². The van der Waals surface area contributed by atoms with Gasteiger partial charge in [-0.3, -0.25) is 4.79 Å². The molecule has 140 valence electrons. The van der Waals surface area contributed by atoms with Crippen LogP contribution in [0.4, 0.5) is 5.00 Å². The molecule has 1 saturated carbocycles. The molecule has 2 aliphatic carbocycles. The SMILES string of the molecule is NCOCc1c(NC(=O)CCC2CCCCC2)sc2c1CCCCC2. The number of hydrogen-bond acceptors (Lipinski definition) is 4. The lowest BCUT2D eigenvalue weighted by molar-refractivity contribution is -0.116. The highest BCUT2D eigenvalue weighted by Gasteiger charge is 2.21. The van der Waals surface area contributed by atoms with Gasteiger partial charge < -0.3 is 15.8 Å². The number of ether oxygens (including phenoxy) is 1. The van der Waals surface area contributed by atoms with E-state index in [9.17, 15) is 4.79 Å². The van der Waals surface area contributed by atoms with Gasteiger partial charge in [0.2, 0.25) is 5.91 Å². The first-order chi connectivity index (χ1) is 12.3. The van der Waals surface area contributed by atoms with Gasteiger partial charge in [-0.25, -0.2) is 0 Å². The molecule has 4 nitrogen and oxygen atoms in total. The number of fused-ring (bicyclic) bond motifs is 1. The van der Waals surface area contributed by atoms with Crippen LogP contribution in [0.5, 0.6) is 0 Å². The topological polar surface area (TPSA) is 64.3 Å². The summed E-state index contributed by atoms with van der Waals surface area (Å²) >= 11 is 1.76. The predicted molar refractivity (Wildman–Crippen MR) is 104 cm³/mol. The summed E-state index contributed by atoms with van der Waals surface area (Å²) < 4.78 is 5.50. The van der Waals surface area contributed by atoms with Crippen molar-refractivity contribution >= 4 is 22.2 Å². The average molecular weight is 365 g/mol. The zero-order valence-corrected chi connectivity index (χ0v) is 16.1. The van der Waals surface area contributed by atoms with Crippen LogP contribution in [0.15, 0.2) is 0 Å². The third-order valence-corrected chi connectivity index (χ3v) is 6.90. The largest absolute Gasteiger partial charge is 0.362 e. The third-order valence-electron chi connectivity index (χ3n) is 5.65. The Balaban J connectivity index is 1.62. The van der Waals surface area contributed by atoms with Gasteiger partial charge in [-0.1, -0.05) is 38.5 Å². The van der Waals surface area contributed by atoms with Crippen LogP contribution in [-0.4, -0.2) is 12.6 Å². The average Bonchev–Trinajstić information content (AvgIpc) is 2.80. The molecule has 25 heavy (non-hydrogen) atoms. The van der Waals surface area contributed by atoms with Crippen LogP contribution in [-0.2, 0) is 29.0 Å². The van der Waals surface area contributed by atoms with E-state index in [4.69, 9.17) is 10.5 Å². The Morgan fingerprint density at radius 2 is 1.88 bits per heavy atom. The molecule has 3 N–H and O–H groups in total. The maximum Gasteiger partial charge on any atom is 0.224 e. The molecule has 0 aliphatic heterocycles. The molecular formula is C20H32N2O2S. The molecule has 0 unspecified atom stereocenters. The summed E-state index contributed by atoms with van der Waals surface area (Å²) in [7, 11) is 0. The summed E-state index contributed by atoms with van der Waals surface area (Å²) in [5.41, 5.74) is 8.12. The van der Waals surface area contributed by atoms with Gasteiger partial charge in [0.15, 0.2) is 0 Å². The predicted octanol–water partition coefficient (Wildman–Crippen LogP) is 4.75. The van der Waals surface area contributed by atoms with E-state index in [1.54, 1.807) is 11.3 Å². The molecule has 1 fully saturated rings. The normalized spacial score (nSPS) is 18.6. The number of nitrogens with two attached hydrogens (primary N) is 1. The number of aryl methyl sites for hydroxylation is 1. The van der Waals surface area contributed by atoms with Crippen molar-refractivity contribution in [2.75, 3.05) is 12.0 Å². The minimum absolute atomic E-state index is 0.163. The highest BCUT2D eigenvalue weighted by molar-refractivity contribution is 7.16. The number of hydrogen-bond donors (Lipinski definition) is 2. The summed E-state index contributed by atoms with van der Waals surface area (Å²) in [5.74, 6) is 0.913. The van der Waals surface area contributed by atoms with Gasteiger partial charge in [-0.05, 0) is 43.6 Å². The summed E-state index contributed by atoms with van der Waals surface area (Å²) in [6.45, 7) is 0.736. The first-order valence-corrected chi connectivity index (χ1v) is 10.8. The lowest BCUT2D eigenvalue weighted by Gasteiger charge is -2.21. The zero-order chi connectivity index (χ0) is 17.5. The first-order valence-electron chi connectivity index (χ1n) is 9.99. The molecule has 2 aliphatic rings. The number of anilines is 1. The number of nitrogens with one attached hydrogen (secondary N) is 1. The second kappa shape index (κ2) is 9.70. The standard InChI is InChI=1S/C20H32N2O2S/c21-14-24-13-17-16-9-5-2-6-10-18(16)25-20(17)22-19(23)12-11-15-7-3-1-4-8-15/h15H,1-14,21H2,(H,22,23). The summed E-state index contributed by atoms with van der Waals surface area (Å²) in [6, 6.07) is 0. The maximum atomic E-state index is 12.5. The van der Waals surface area contributed by atoms with Crippen LogP contribution >= 0.6 is 11.3 Å². The fourth-order valence-electron chi connectivity index (χ4n) is 4.22. The van der Waals surface area contributed by atoms with E-state index >= 15 is 0 Å². The van der Waals surface area contributed by atoms with Crippen molar-refractivity contribution in [2.24, 2.45) is 11.7 Å². The summed E-state index contributed by atoms with van der Waals surface area (Å²) in [5, 5.41) is 4.20. The molecule has 0 atom stereocenters. The Labute approximate surface area is 155 Å². The maximum absolute atomic E-state index is 12.5. The quantitative estimate of drug-likeness (QED) is 0.542. The Hall–Kier alpha value is -0.910. The van der Waals surface area contributed by atoms with Gasteiger partial charge in [-0.2, -0.15) is 0 Å². The van der Waals surface area contributed by atoms with Crippen LogP contribution in [0.3, 0.4) is 0 Å². The first kappa shape index (κ1) is 18.9. The van der Waals surface area contributed by atoms with Gasteiger partial charge in [-0.15, -0.1) is 11.3 Å². The Bertz CT molecular complexity index is 564. The second-order valence-corrected chi connectivity index (χ2v) is 8.58. The van der Waals surface area contributed by atoms with E-state index in [0.29, 0.717) is 13.0 Å². The van der Waals surface area contributed by atoms with Crippen LogP contribution in [0.2, 0.25) is 0 Å². The molecule has 1 aromatic heterocycles. The summed E-state index contributed by atoms with van der Waals surface area (Å²) in [6.07, 6.45) is 14.3. The van der Waals surface area contributed by atoms with E-state index in [1.807, 2.05) is 0 Å². The number of rotatable bonds is 7. The number of thiophene rings is 1. The third kappa shape index (κ3) is 5.28. The number of carbonyl (C=O) groups is 1. The number of carbonyl (C=O) groups excluding carboxylic acids is 1. The van der Waals surface area contributed by atoms with Crippen molar-refractivity contribution in [3.63, 3.8) is 0 Å². The fourth-order valence-corrected chi connectivity index (χ4v) is 5.53. The minimum Gasteiger partial charge on any atom is -0.362 e. The van der Waals surface area contributed by atoms with E-state index in [1.165, 1.54) is 67.4 Å². The van der Waals surface area contributed by atoms with Gasteiger partial charge in [0.25, 0.3) is 0 Å². The number of amides is 1. The molecule has 0 bridgehead atoms. The van der Waals surface area contributed by atoms with Crippen molar-refractivity contribution in [3.05, 3.63) is 16.0 Å². The molecule has 0 aromatic carbocycles. The van der Waals surface area contributed by atoms with E-state index in [2.05, 4.69) is 5.32 Å². The van der Waals surface area contributed by atoms with Crippen molar-refractivity contribution in [3.8, 4) is 0 Å². The van der Waals surface area contributed by atoms with Crippen LogP contribution in [0.25, 0.3) is 0 Å². The Morgan fingerprint density at radius 3 is 2.68 bits per heavy atom. The Morgan fingerprint density at radius 1 is 1.12 bits per heavy atom. The van der Waals surface area contributed by atoms with Crippen molar-refractivity contribution < 1.29 is 9.53 Å². The van der Waals surface area contributed by atoms with E-state index < -0.39 is 0 Å². The molecule has 3 rings (SSSR count). The molecule has 0 radical (unpaired) electrons. The van der Waals surface area contributed by atoms with Crippen LogP contribution in [0.1, 0.15) is 80.2 Å². The van der Waals surface area contributed by atoms with E-state index in [-0.39, 0.29) is 12.6 Å². The fraction of sp³-hybridized carbons (Fsp3) is 0.750. The minimum atomic E-state index is 0.163. The molecule has 1 heterocycles. The lowest BCUT2D eigenvalue weighted by Crippen LogP contribution is -2.15. The van der Waals surface area contributed by atoms with Crippen LogP contribution < -0.4 is 11.1 Å².